The maximum atomic E-state index is 10.9. The molecule has 1 unspecified atom stereocenters. The molecule has 0 aliphatic rings. The molecule has 1 aromatic rings. The van der Waals surface area contributed by atoms with E-state index < -0.39 is 12.0 Å². The maximum Gasteiger partial charge on any atom is 0.305 e. The van der Waals surface area contributed by atoms with E-state index in [4.69, 9.17) is 5.11 Å². The van der Waals surface area contributed by atoms with Gasteiger partial charge in [-0.25, -0.2) is 0 Å². The summed E-state index contributed by atoms with van der Waals surface area (Å²) in [7, 11) is 0. The number of carboxylic acid groups (broad SMARTS) is 1. The first-order chi connectivity index (χ1) is 7.49. The van der Waals surface area contributed by atoms with Crippen molar-refractivity contribution in [1.82, 2.24) is 5.32 Å². The van der Waals surface area contributed by atoms with E-state index in [1.54, 1.807) is 12.1 Å². The molecule has 0 aliphatic heterocycles. The molecule has 1 aromatic carbocycles. The molecule has 0 heterocycles. The highest BCUT2D eigenvalue weighted by molar-refractivity contribution is 5.75. The fourth-order valence-corrected chi connectivity index (χ4v) is 1.41. The third-order valence-electron chi connectivity index (χ3n) is 2.03. The Kier molecular flexibility index (Phi) is 3.88. The number of phenolic OH excluding ortho intramolecular Hbond substituents is 1. The van der Waals surface area contributed by atoms with Crippen molar-refractivity contribution in [2.75, 3.05) is 0 Å². The molecule has 3 N–H and O–H groups in total. The summed E-state index contributed by atoms with van der Waals surface area (Å²) in [6, 6.07) is 5.55. The minimum absolute atomic E-state index is 0.0400. The molecule has 0 fully saturated rings. The monoisotopic (exact) mass is 223 g/mol. The molecule has 1 rings (SSSR count). The van der Waals surface area contributed by atoms with Crippen molar-refractivity contribution >= 4 is 11.9 Å². The molecule has 0 saturated heterocycles. The van der Waals surface area contributed by atoms with Crippen molar-refractivity contribution in [3.05, 3.63) is 29.8 Å². The number of carbonyl (C=O) groups excluding carboxylic acids is 1. The van der Waals surface area contributed by atoms with Gasteiger partial charge in [-0.15, -0.1) is 0 Å². The summed E-state index contributed by atoms with van der Waals surface area (Å²) in [4.78, 5) is 21.6. The highest BCUT2D eigenvalue weighted by atomic mass is 16.4. The van der Waals surface area contributed by atoms with E-state index in [-0.39, 0.29) is 18.1 Å². The molecule has 0 spiro atoms. The second-order valence-electron chi connectivity index (χ2n) is 3.45. The van der Waals surface area contributed by atoms with Gasteiger partial charge in [0.2, 0.25) is 5.91 Å². The number of hydrogen-bond donors (Lipinski definition) is 3. The van der Waals surface area contributed by atoms with Crippen molar-refractivity contribution in [2.45, 2.75) is 19.4 Å². The highest BCUT2D eigenvalue weighted by Gasteiger charge is 2.16. The molecule has 0 radical (unpaired) electrons. The number of carboxylic acids is 1. The van der Waals surface area contributed by atoms with Gasteiger partial charge >= 0.3 is 5.97 Å². The van der Waals surface area contributed by atoms with Gasteiger partial charge in [0.1, 0.15) is 5.75 Å². The average molecular weight is 223 g/mol. The number of aromatic hydroxyl groups is 1. The van der Waals surface area contributed by atoms with Crippen LogP contribution in [-0.2, 0) is 9.59 Å². The largest absolute Gasteiger partial charge is 0.508 e. The second-order valence-corrected chi connectivity index (χ2v) is 3.45. The number of nitrogens with one attached hydrogen (secondary N) is 1. The van der Waals surface area contributed by atoms with Gasteiger partial charge in [0.25, 0.3) is 0 Å². The van der Waals surface area contributed by atoms with Crippen molar-refractivity contribution in [3.63, 3.8) is 0 Å². The van der Waals surface area contributed by atoms with Gasteiger partial charge in [0.15, 0.2) is 0 Å². The minimum atomic E-state index is -1.01. The van der Waals surface area contributed by atoms with Crippen LogP contribution in [0.15, 0.2) is 24.3 Å². The number of aliphatic carboxylic acids is 1. The number of hydrogen-bond acceptors (Lipinski definition) is 3. The third kappa shape index (κ3) is 3.61. The van der Waals surface area contributed by atoms with Crippen LogP contribution in [0.3, 0.4) is 0 Å². The van der Waals surface area contributed by atoms with Crippen LogP contribution in [0.2, 0.25) is 0 Å². The first-order valence-electron chi connectivity index (χ1n) is 4.77. The number of benzene rings is 1. The minimum Gasteiger partial charge on any atom is -0.508 e. The molecule has 0 bridgehead atoms. The smallest absolute Gasteiger partial charge is 0.305 e. The first-order valence-corrected chi connectivity index (χ1v) is 4.77. The first kappa shape index (κ1) is 12.0. The zero-order chi connectivity index (χ0) is 12.1. The molecule has 1 atom stereocenters. The van der Waals surface area contributed by atoms with Gasteiger partial charge < -0.3 is 15.5 Å². The molecule has 0 aromatic heterocycles. The van der Waals surface area contributed by atoms with Crippen molar-refractivity contribution in [2.24, 2.45) is 0 Å². The molecule has 0 saturated carbocycles. The Morgan fingerprint density at radius 3 is 2.62 bits per heavy atom. The molecular weight excluding hydrogens is 210 g/mol. The lowest BCUT2D eigenvalue weighted by Crippen LogP contribution is -2.27. The van der Waals surface area contributed by atoms with Crippen LogP contribution in [0.4, 0.5) is 0 Å². The second kappa shape index (κ2) is 5.16. The Bertz CT molecular complexity index is 387. The van der Waals surface area contributed by atoms with E-state index in [2.05, 4.69) is 5.32 Å². The van der Waals surface area contributed by atoms with Crippen LogP contribution in [0.1, 0.15) is 24.9 Å². The number of carbonyl (C=O) groups is 2. The lowest BCUT2D eigenvalue weighted by molar-refractivity contribution is -0.137. The maximum absolute atomic E-state index is 10.9. The standard InChI is InChI=1S/C11H13NO4/c1-7(13)12-10(6-11(15)16)8-3-2-4-9(14)5-8/h2-5,10,14H,6H2,1H3,(H,12,13)(H,15,16). The predicted octanol–water partition coefficient (Wildman–Crippen LogP) is 1.04. The van der Waals surface area contributed by atoms with Crippen LogP contribution in [-0.4, -0.2) is 22.1 Å². The van der Waals surface area contributed by atoms with Gasteiger partial charge in [-0.05, 0) is 17.7 Å². The van der Waals surface area contributed by atoms with Crippen molar-refractivity contribution < 1.29 is 19.8 Å². The van der Waals surface area contributed by atoms with Crippen molar-refractivity contribution in [3.8, 4) is 5.75 Å². The topological polar surface area (TPSA) is 86.6 Å². The zero-order valence-corrected chi connectivity index (χ0v) is 8.80. The summed E-state index contributed by atoms with van der Waals surface area (Å²) in [5, 5.41) is 20.5. The van der Waals surface area contributed by atoms with Crippen LogP contribution >= 0.6 is 0 Å². The third-order valence-corrected chi connectivity index (χ3v) is 2.03. The lowest BCUT2D eigenvalue weighted by atomic mass is 10.0. The number of rotatable bonds is 4. The van der Waals surface area contributed by atoms with Crippen LogP contribution in [0.25, 0.3) is 0 Å². The summed E-state index contributed by atoms with van der Waals surface area (Å²) in [6.45, 7) is 1.32. The van der Waals surface area contributed by atoms with E-state index in [1.165, 1.54) is 19.1 Å². The van der Waals surface area contributed by atoms with Crippen LogP contribution in [0, 0.1) is 0 Å². The van der Waals surface area contributed by atoms with E-state index >= 15 is 0 Å². The summed E-state index contributed by atoms with van der Waals surface area (Å²) in [5.74, 6) is -1.28. The fourth-order valence-electron chi connectivity index (χ4n) is 1.41. The number of phenols is 1. The van der Waals surface area contributed by atoms with Crippen molar-refractivity contribution in [1.29, 1.82) is 0 Å². The summed E-state index contributed by atoms with van der Waals surface area (Å²) >= 11 is 0. The SMILES string of the molecule is CC(=O)NC(CC(=O)O)c1cccc(O)c1. The Morgan fingerprint density at radius 1 is 1.44 bits per heavy atom. The van der Waals surface area contributed by atoms with Crippen LogP contribution in [0.5, 0.6) is 5.75 Å². The summed E-state index contributed by atoms with van der Waals surface area (Å²) < 4.78 is 0. The molecule has 1 amide bonds. The molecular formula is C11H13NO4. The normalized spacial score (nSPS) is 11.8. The number of amides is 1. The van der Waals surface area contributed by atoms with E-state index in [9.17, 15) is 14.7 Å². The molecule has 16 heavy (non-hydrogen) atoms. The van der Waals surface area contributed by atoms with Gasteiger partial charge in [-0.3, -0.25) is 9.59 Å². The van der Waals surface area contributed by atoms with Crippen LogP contribution < -0.4 is 5.32 Å². The molecule has 5 nitrogen and oxygen atoms in total. The molecule has 5 heteroatoms. The summed E-state index contributed by atoms with van der Waals surface area (Å²) in [6.07, 6.45) is -0.219. The average Bonchev–Trinajstić information content (AvgIpc) is 2.15. The van der Waals surface area contributed by atoms with Gasteiger partial charge in [-0.1, -0.05) is 12.1 Å². The Morgan fingerprint density at radius 2 is 2.12 bits per heavy atom. The van der Waals surface area contributed by atoms with Gasteiger partial charge in [0.05, 0.1) is 12.5 Å². The fraction of sp³-hybridized carbons (Fsp3) is 0.273. The lowest BCUT2D eigenvalue weighted by Gasteiger charge is -2.16. The zero-order valence-electron chi connectivity index (χ0n) is 8.80. The van der Waals surface area contributed by atoms with E-state index in [1.807, 2.05) is 0 Å². The van der Waals surface area contributed by atoms with E-state index in [0.29, 0.717) is 5.56 Å². The highest BCUT2D eigenvalue weighted by Crippen LogP contribution is 2.20. The quantitative estimate of drug-likeness (QED) is 0.711. The van der Waals surface area contributed by atoms with Gasteiger partial charge in [0, 0.05) is 6.92 Å². The van der Waals surface area contributed by atoms with E-state index in [0.717, 1.165) is 0 Å². The summed E-state index contributed by atoms with van der Waals surface area (Å²) in [5.41, 5.74) is 0.567. The Hall–Kier alpha value is -2.04. The van der Waals surface area contributed by atoms with Gasteiger partial charge in [-0.2, -0.15) is 0 Å². The Balaban J connectivity index is 2.90. The molecule has 0 aliphatic carbocycles. The Labute approximate surface area is 92.7 Å². The molecule has 86 valence electrons. The predicted molar refractivity (Wildman–Crippen MR) is 56.9 cm³/mol.